The van der Waals surface area contributed by atoms with Gasteiger partial charge in [0, 0.05) is 12.5 Å². The number of nitrogens with zero attached hydrogens (tertiary/aromatic N) is 1. The minimum Gasteiger partial charge on any atom is -0.395 e. The van der Waals surface area contributed by atoms with E-state index in [-0.39, 0.29) is 18.1 Å². The fourth-order valence-electron chi connectivity index (χ4n) is 3.11. The number of carbonyl (C=O) groups excluding carboxylic acids is 1. The van der Waals surface area contributed by atoms with Crippen LogP contribution in [0, 0.1) is 5.92 Å². The van der Waals surface area contributed by atoms with Crippen LogP contribution in [0.4, 0.5) is 5.69 Å². The number of anilines is 1. The fourth-order valence-corrected chi connectivity index (χ4v) is 3.11. The van der Waals surface area contributed by atoms with Crippen molar-refractivity contribution in [3.05, 3.63) is 11.4 Å². The lowest BCUT2D eigenvalue weighted by Crippen LogP contribution is -2.41. The third-order valence-corrected chi connectivity index (χ3v) is 4.57. The Bertz CT molecular complexity index is 533. The SMILES string of the molecule is Nc1c(C(=O)NC2CCOC2C2CC2)n[nH]c1C1CC1. The molecule has 0 radical (unpaired) electrons. The lowest BCUT2D eigenvalue weighted by atomic mass is 10.1. The molecule has 20 heavy (non-hydrogen) atoms. The van der Waals surface area contributed by atoms with E-state index >= 15 is 0 Å². The molecule has 2 saturated carbocycles. The maximum absolute atomic E-state index is 12.3. The van der Waals surface area contributed by atoms with Gasteiger partial charge in [-0.2, -0.15) is 5.10 Å². The Balaban J connectivity index is 1.46. The third kappa shape index (κ3) is 2.08. The van der Waals surface area contributed by atoms with Gasteiger partial charge in [-0.15, -0.1) is 0 Å². The number of nitrogens with two attached hydrogens (primary N) is 1. The third-order valence-electron chi connectivity index (χ3n) is 4.57. The van der Waals surface area contributed by atoms with Gasteiger partial charge in [0.25, 0.3) is 5.91 Å². The molecule has 6 heteroatoms. The summed E-state index contributed by atoms with van der Waals surface area (Å²) in [5, 5.41) is 10.1. The fraction of sp³-hybridized carbons (Fsp3) is 0.714. The molecule has 0 aromatic carbocycles. The minimum atomic E-state index is -0.174. The molecule has 108 valence electrons. The van der Waals surface area contributed by atoms with Crippen molar-refractivity contribution in [2.24, 2.45) is 5.92 Å². The summed E-state index contributed by atoms with van der Waals surface area (Å²) in [7, 11) is 0. The molecule has 2 aliphatic carbocycles. The zero-order chi connectivity index (χ0) is 13.7. The zero-order valence-electron chi connectivity index (χ0n) is 11.4. The predicted molar refractivity (Wildman–Crippen MR) is 73.3 cm³/mol. The highest BCUT2D eigenvalue weighted by atomic mass is 16.5. The quantitative estimate of drug-likeness (QED) is 0.769. The number of aromatic nitrogens is 2. The number of H-pyrrole nitrogens is 1. The van der Waals surface area contributed by atoms with Gasteiger partial charge >= 0.3 is 0 Å². The number of hydrogen-bond acceptors (Lipinski definition) is 4. The summed E-state index contributed by atoms with van der Waals surface area (Å²) in [5.74, 6) is 0.922. The van der Waals surface area contributed by atoms with Gasteiger partial charge in [-0.25, -0.2) is 0 Å². The number of hydrogen-bond donors (Lipinski definition) is 3. The lowest BCUT2D eigenvalue weighted by molar-refractivity contribution is 0.0727. The molecule has 1 aromatic heterocycles. The summed E-state index contributed by atoms with van der Waals surface area (Å²) in [6, 6.07) is 0.107. The maximum Gasteiger partial charge on any atom is 0.274 e. The first-order chi connectivity index (χ1) is 9.74. The van der Waals surface area contributed by atoms with E-state index in [1.165, 1.54) is 12.8 Å². The number of amides is 1. The van der Waals surface area contributed by atoms with Crippen LogP contribution in [0.5, 0.6) is 0 Å². The summed E-state index contributed by atoms with van der Waals surface area (Å²) in [6.45, 7) is 0.732. The van der Waals surface area contributed by atoms with Crippen LogP contribution in [0.3, 0.4) is 0 Å². The summed E-state index contributed by atoms with van der Waals surface area (Å²) in [6.07, 6.45) is 5.76. The van der Waals surface area contributed by atoms with Gasteiger partial charge in [0.05, 0.1) is 23.5 Å². The predicted octanol–water partition coefficient (Wildman–Crippen LogP) is 1.17. The normalized spacial score (nSPS) is 29.6. The highest BCUT2D eigenvalue weighted by molar-refractivity contribution is 5.98. The standard InChI is InChI=1S/C14H20N4O2/c15-10-11(7-1-2-7)17-18-12(10)14(19)16-9-5-6-20-13(9)8-3-4-8/h7-9,13H,1-6,15H2,(H,16,19)(H,17,18). The van der Waals surface area contributed by atoms with Crippen molar-refractivity contribution in [2.75, 3.05) is 12.3 Å². The van der Waals surface area contributed by atoms with Crippen molar-refractivity contribution in [2.45, 2.75) is 50.2 Å². The van der Waals surface area contributed by atoms with E-state index in [1.54, 1.807) is 0 Å². The van der Waals surface area contributed by atoms with Crippen LogP contribution < -0.4 is 11.1 Å². The summed E-state index contributed by atoms with van der Waals surface area (Å²) in [5.41, 5.74) is 7.83. The average molecular weight is 276 g/mol. The van der Waals surface area contributed by atoms with Crippen LogP contribution in [0.2, 0.25) is 0 Å². The van der Waals surface area contributed by atoms with Crippen LogP contribution >= 0.6 is 0 Å². The Labute approximate surface area is 117 Å². The Morgan fingerprint density at radius 1 is 1.30 bits per heavy atom. The second-order valence-electron chi connectivity index (χ2n) is 6.22. The molecule has 4 N–H and O–H groups in total. The van der Waals surface area contributed by atoms with E-state index in [0.29, 0.717) is 23.2 Å². The molecule has 2 unspecified atom stereocenters. The van der Waals surface area contributed by atoms with Crippen molar-refractivity contribution < 1.29 is 9.53 Å². The van der Waals surface area contributed by atoms with Crippen LogP contribution in [0.25, 0.3) is 0 Å². The van der Waals surface area contributed by atoms with Gasteiger partial charge in [-0.05, 0) is 38.0 Å². The molecular weight excluding hydrogens is 256 g/mol. The topological polar surface area (TPSA) is 93.0 Å². The van der Waals surface area contributed by atoms with Crippen molar-refractivity contribution in [3.63, 3.8) is 0 Å². The van der Waals surface area contributed by atoms with Gasteiger partial charge < -0.3 is 15.8 Å². The molecule has 3 fully saturated rings. The summed E-state index contributed by atoms with van der Waals surface area (Å²) < 4.78 is 5.74. The van der Waals surface area contributed by atoms with Crippen LogP contribution in [0.15, 0.2) is 0 Å². The molecule has 3 aliphatic rings. The Morgan fingerprint density at radius 3 is 2.80 bits per heavy atom. The number of rotatable bonds is 4. The molecule has 4 rings (SSSR count). The first-order valence-electron chi connectivity index (χ1n) is 7.50. The number of carbonyl (C=O) groups is 1. The van der Waals surface area contributed by atoms with Crippen molar-refractivity contribution in [3.8, 4) is 0 Å². The maximum atomic E-state index is 12.3. The minimum absolute atomic E-state index is 0.107. The summed E-state index contributed by atoms with van der Waals surface area (Å²) in [4.78, 5) is 12.3. The summed E-state index contributed by atoms with van der Waals surface area (Å²) >= 11 is 0. The highest BCUT2D eigenvalue weighted by Crippen LogP contribution is 2.42. The zero-order valence-corrected chi connectivity index (χ0v) is 11.4. The van der Waals surface area contributed by atoms with E-state index in [2.05, 4.69) is 15.5 Å². The van der Waals surface area contributed by atoms with Gasteiger partial charge in [0.2, 0.25) is 0 Å². The van der Waals surface area contributed by atoms with Crippen LogP contribution in [0.1, 0.15) is 54.2 Å². The molecule has 1 amide bonds. The Morgan fingerprint density at radius 2 is 2.10 bits per heavy atom. The van der Waals surface area contributed by atoms with Crippen molar-refractivity contribution >= 4 is 11.6 Å². The van der Waals surface area contributed by atoms with E-state index in [1.807, 2.05) is 0 Å². The monoisotopic (exact) mass is 276 g/mol. The average Bonchev–Trinajstić information content (AvgIpc) is 3.36. The van der Waals surface area contributed by atoms with E-state index < -0.39 is 0 Å². The first kappa shape index (κ1) is 12.2. The smallest absolute Gasteiger partial charge is 0.274 e. The highest BCUT2D eigenvalue weighted by Gasteiger charge is 2.41. The van der Waals surface area contributed by atoms with Gasteiger partial charge in [-0.3, -0.25) is 9.89 Å². The first-order valence-corrected chi connectivity index (χ1v) is 7.50. The van der Waals surface area contributed by atoms with Crippen molar-refractivity contribution in [1.82, 2.24) is 15.5 Å². The molecule has 1 aliphatic heterocycles. The molecular formula is C14H20N4O2. The molecule has 2 atom stereocenters. The second kappa shape index (κ2) is 4.48. The molecule has 0 bridgehead atoms. The Kier molecular flexibility index (Phi) is 2.73. The van der Waals surface area contributed by atoms with E-state index in [4.69, 9.17) is 10.5 Å². The van der Waals surface area contributed by atoms with E-state index in [0.717, 1.165) is 31.6 Å². The molecule has 1 saturated heterocycles. The van der Waals surface area contributed by atoms with E-state index in [9.17, 15) is 4.79 Å². The molecule has 6 nitrogen and oxygen atoms in total. The van der Waals surface area contributed by atoms with Crippen molar-refractivity contribution in [1.29, 1.82) is 0 Å². The largest absolute Gasteiger partial charge is 0.395 e. The lowest BCUT2D eigenvalue weighted by Gasteiger charge is -2.18. The van der Waals surface area contributed by atoms with Crippen LogP contribution in [-0.2, 0) is 4.74 Å². The number of nitrogen functional groups attached to an aromatic ring is 1. The number of ether oxygens (including phenoxy) is 1. The number of aromatic amines is 1. The van der Waals surface area contributed by atoms with Gasteiger partial charge in [-0.1, -0.05) is 0 Å². The van der Waals surface area contributed by atoms with Crippen LogP contribution in [-0.4, -0.2) is 34.9 Å². The number of nitrogens with one attached hydrogen (secondary N) is 2. The molecule has 2 heterocycles. The van der Waals surface area contributed by atoms with Gasteiger partial charge in [0.1, 0.15) is 0 Å². The molecule has 1 aromatic rings. The second-order valence-corrected chi connectivity index (χ2v) is 6.22. The van der Waals surface area contributed by atoms with Gasteiger partial charge in [0.15, 0.2) is 5.69 Å². The molecule has 0 spiro atoms. The Hall–Kier alpha value is -1.56.